The summed E-state index contributed by atoms with van der Waals surface area (Å²) in [5.41, 5.74) is 5.67. The lowest BCUT2D eigenvalue weighted by molar-refractivity contribution is 0.0713. The monoisotopic (exact) mass is 504 g/mol. The topological polar surface area (TPSA) is 87.1 Å². The Morgan fingerprint density at radius 1 is 1.03 bits per heavy atom. The minimum absolute atomic E-state index is 0.448. The van der Waals surface area contributed by atoms with Gasteiger partial charge in [-0.05, 0) is 75.2 Å². The first-order valence-electron chi connectivity index (χ1n) is 13.4. The summed E-state index contributed by atoms with van der Waals surface area (Å²) in [6.07, 6.45) is 22.2. The van der Waals surface area contributed by atoms with E-state index >= 15 is 0 Å². The molecular weight excluding hydrogens is 472 g/mol. The van der Waals surface area contributed by atoms with Crippen molar-refractivity contribution in [3.63, 3.8) is 0 Å². The molecule has 0 aromatic carbocycles. The zero-order valence-electron chi connectivity index (χ0n) is 21.8. The number of likely N-dealkylation sites (tertiary alicyclic amines) is 1. The molecule has 1 saturated carbocycles. The number of nitrogens with zero attached hydrogens (tertiary/aromatic N) is 7. The third kappa shape index (κ3) is 4.64. The molecule has 4 aromatic heterocycles. The molecule has 0 atom stereocenters. The van der Waals surface area contributed by atoms with E-state index in [1.165, 1.54) is 38.5 Å². The van der Waals surface area contributed by atoms with Gasteiger partial charge in [-0.25, -0.2) is 9.50 Å². The van der Waals surface area contributed by atoms with Gasteiger partial charge in [-0.1, -0.05) is 5.92 Å². The average molecular weight is 505 g/mol. The Morgan fingerprint density at radius 2 is 1.84 bits per heavy atom. The van der Waals surface area contributed by atoms with Crippen LogP contribution in [-0.4, -0.2) is 55.0 Å². The van der Waals surface area contributed by atoms with Crippen LogP contribution in [-0.2, 0) is 7.05 Å². The number of pyridine rings is 2. The smallest absolute Gasteiger partial charge is 0.126 e. The maximum atomic E-state index is 9.69. The molecule has 0 radical (unpaired) electrons. The Morgan fingerprint density at radius 3 is 2.50 bits per heavy atom. The number of anilines is 1. The zero-order valence-corrected chi connectivity index (χ0v) is 21.8. The van der Waals surface area contributed by atoms with Gasteiger partial charge in [0.2, 0.25) is 0 Å². The SMILES string of the molecule is C#CCN1CCC2(CCC(Nc3ccc(-c4cc(-c5cnn(C)c5)cn5ncc(C#N)c45)cn3)CC2)CC1. The molecule has 6 rings (SSSR count). The fraction of sp³-hybridized carbons (Fsp3) is 0.400. The van der Waals surface area contributed by atoms with Gasteiger partial charge < -0.3 is 5.32 Å². The molecule has 0 bridgehead atoms. The number of terminal acetylenes is 1. The van der Waals surface area contributed by atoms with Crippen LogP contribution in [0, 0.1) is 29.1 Å². The summed E-state index contributed by atoms with van der Waals surface area (Å²) >= 11 is 0. The number of nitrogens with one attached hydrogen (secondary N) is 1. The highest BCUT2D eigenvalue weighted by Crippen LogP contribution is 2.45. The zero-order chi connectivity index (χ0) is 26.1. The number of fused-ring (bicyclic) bond motifs is 1. The Hall–Kier alpha value is -4.14. The van der Waals surface area contributed by atoms with Gasteiger partial charge in [0, 0.05) is 53.9 Å². The van der Waals surface area contributed by atoms with E-state index in [-0.39, 0.29) is 0 Å². The second kappa shape index (κ2) is 9.96. The van der Waals surface area contributed by atoms with E-state index in [4.69, 9.17) is 11.4 Å². The van der Waals surface area contributed by atoms with Crippen molar-refractivity contribution < 1.29 is 0 Å². The van der Waals surface area contributed by atoms with Crippen LogP contribution in [0.25, 0.3) is 27.8 Å². The number of nitriles is 1. The van der Waals surface area contributed by atoms with Gasteiger partial charge in [0.1, 0.15) is 11.9 Å². The van der Waals surface area contributed by atoms with Crippen LogP contribution in [0.2, 0.25) is 0 Å². The second-order valence-electron chi connectivity index (χ2n) is 10.8. The summed E-state index contributed by atoms with van der Waals surface area (Å²) in [5.74, 6) is 3.68. The molecule has 1 spiro atoms. The third-order valence-electron chi connectivity index (χ3n) is 8.47. The van der Waals surface area contributed by atoms with Crippen molar-refractivity contribution in [2.24, 2.45) is 12.5 Å². The van der Waals surface area contributed by atoms with E-state index in [2.05, 4.69) is 44.5 Å². The van der Waals surface area contributed by atoms with Crippen molar-refractivity contribution in [3.05, 3.63) is 54.7 Å². The maximum Gasteiger partial charge on any atom is 0.126 e. The van der Waals surface area contributed by atoms with Crippen LogP contribution < -0.4 is 5.32 Å². The van der Waals surface area contributed by atoms with Crippen LogP contribution in [0.1, 0.15) is 44.1 Å². The van der Waals surface area contributed by atoms with Gasteiger partial charge in [-0.15, -0.1) is 6.42 Å². The summed E-state index contributed by atoms with van der Waals surface area (Å²) in [5, 5.41) is 22.1. The van der Waals surface area contributed by atoms with E-state index in [0.29, 0.717) is 17.0 Å². The molecule has 38 heavy (non-hydrogen) atoms. The quantitative estimate of drug-likeness (QED) is 0.395. The Labute approximate surface area is 223 Å². The number of aromatic nitrogens is 5. The predicted octanol–water partition coefficient (Wildman–Crippen LogP) is 4.74. The van der Waals surface area contributed by atoms with Gasteiger partial charge in [-0.2, -0.15) is 15.5 Å². The molecule has 1 aliphatic carbocycles. The molecule has 0 amide bonds. The fourth-order valence-electron chi connectivity index (χ4n) is 6.19. The van der Waals surface area contributed by atoms with Crippen molar-refractivity contribution in [3.8, 4) is 40.7 Å². The minimum Gasteiger partial charge on any atom is -0.367 e. The van der Waals surface area contributed by atoms with E-state index in [0.717, 1.165) is 53.2 Å². The summed E-state index contributed by atoms with van der Waals surface area (Å²) in [6, 6.07) is 8.95. The highest BCUT2D eigenvalue weighted by Gasteiger charge is 2.37. The van der Waals surface area contributed by atoms with Crippen molar-refractivity contribution >= 4 is 11.3 Å². The van der Waals surface area contributed by atoms with Gasteiger partial charge in [0.05, 0.1) is 30.0 Å². The van der Waals surface area contributed by atoms with E-state index in [1.54, 1.807) is 15.4 Å². The molecule has 1 aliphatic heterocycles. The summed E-state index contributed by atoms with van der Waals surface area (Å²) in [4.78, 5) is 7.18. The predicted molar refractivity (Wildman–Crippen MR) is 148 cm³/mol. The standard InChI is InChI=1S/C30H32N8/c1-3-12-37-13-10-30(11-14-37)8-6-26(7-9-30)35-28-5-4-22(17-32-28)27-15-23(25-19-33-36(2)20-25)21-38-29(27)24(16-31)18-34-38/h1,4-5,15,17-21,26H,6-14H2,2H3,(H,32,35). The average Bonchev–Trinajstić information content (AvgIpc) is 3.57. The molecule has 1 N–H and O–H groups in total. The molecule has 2 aliphatic rings. The molecule has 8 nitrogen and oxygen atoms in total. The van der Waals surface area contributed by atoms with E-state index in [9.17, 15) is 5.26 Å². The lowest BCUT2D eigenvalue weighted by atomic mass is 9.67. The molecule has 5 heterocycles. The Kier molecular flexibility index (Phi) is 6.35. The van der Waals surface area contributed by atoms with Crippen LogP contribution >= 0.6 is 0 Å². The van der Waals surface area contributed by atoms with Gasteiger partial charge >= 0.3 is 0 Å². The van der Waals surface area contributed by atoms with Crippen LogP contribution in [0.3, 0.4) is 0 Å². The summed E-state index contributed by atoms with van der Waals surface area (Å²) in [6.45, 7) is 3.04. The van der Waals surface area contributed by atoms with Gasteiger partial charge in [-0.3, -0.25) is 9.58 Å². The second-order valence-corrected chi connectivity index (χ2v) is 10.8. The lowest BCUT2D eigenvalue weighted by Crippen LogP contribution is -2.43. The highest BCUT2D eigenvalue weighted by atomic mass is 15.2. The molecule has 4 aromatic rings. The molecule has 0 unspecified atom stereocenters. The third-order valence-corrected chi connectivity index (χ3v) is 8.47. The summed E-state index contributed by atoms with van der Waals surface area (Å²) < 4.78 is 3.55. The maximum absolute atomic E-state index is 9.69. The normalized spacial score (nSPS) is 17.9. The Bertz CT molecular complexity index is 1510. The number of aryl methyl sites for hydroxylation is 1. The number of hydrogen-bond acceptors (Lipinski definition) is 6. The lowest BCUT2D eigenvalue weighted by Gasteiger charge is -2.45. The minimum atomic E-state index is 0.448. The van der Waals surface area contributed by atoms with Crippen LogP contribution in [0.5, 0.6) is 0 Å². The van der Waals surface area contributed by atoms with Crippen molar-refractivity contribution in [2.45, 2.75) is 44.6 Å². The molecule has 2 fully saturated rings. The van der Waals surface area contributed by atoms with Gasteiger partial charge in [0.15, 0.2) is 0 Å². The van der Waals surface area contributed by atoms with Gasteiger partial charge in [0.25, 0.3) is 0 Å². The number of piperidine rings is 1. The highest BCUT2D eigenvalue weighted by molar-refractivity contribution is 5.87. The molecular formula is C30H32N8. The first kappa shape index (κ1) is 24.2. The van der Waals surface area contributed by atoms with E-state index in [1.807, 2.05) is 37.9 Å². The largest absolute Gasteiger partial charge is 0.367 e. The van der Waals surface area contributed by atoms with Crippen LogP contribution in [0.15, 0.2) is 49.2 Å². The van der Waals surface area contributed by atoms with Crippen LogP contribution in [0.4, 0.5) is 5.82 Å². The molecule has 192 valence electrons. The molecule has 1 saturated heterocycles. The molecule has 8 heteroatoms. The first-order chi connectivity index (χ1) is 18.6. The summed E-state index contributed by atoms with van der Waals surface area (Å²) in [7, 11) is 1.90. The van der Waals surface area contributed by atoms with E-state index < -0.39 is 0 Å². The number of rotatable bonds is 5. The fourth-order valence-corrected chi connectivity index (χ4v) is 6.19. The van der Waals surface area contributed by atoms with Crippen molar-refractivity contribution in [1.82, 2.24) is 29.3 Å². The number of hydrogen-bond donors (Lipinski definition) is 1. The van der Waals surface area contributed by atoms with Crippen molar-refractivity contribution in [1.29, 1.82) is 5.26 Å². The Balaban J connectivity index is 1.18. The first-order valence-corrected chi connectivity index (χ1v) is 13.4. The van der Waals surface area contributed by atoms with Crippen molar-refractivity contribution in [2.75, 3.05) is 25.0 Å².